The van der Waals surface area contributed by atoms with Crippen molar-refractivity contribution < 1.29 is 57.1 Å². The molecule has 1 amide bonds. The van der Waals surface area contributed by atoms with Gasteiger partial charge in [-0.05, 0) is 72.1 Å². The number of nitrogens with two attached hydrogens (primary N) is 1. The number of aliphatic hydroxyl groups is 1. The van der Waals surface area contributed by atoms with Crippen molar-refractivity contribution in [3.05, 3.63) is 42.7 Å². The molecule has 0 bridgehead atoms. The number of nitrogens with one attached hydrogen (secondary N) is 1. The zero-order chi connectivity index (χ0) is 49.7. The van der Waals surface area contributed by atoms with Crippen molar-refractivity contribution in [2.45, 2.75) is 154 Å². The van der Waals surface area contributed by atoms with Gasteiger partial charge in [0.05, 0.1) is 36.5 Å². The maximum Gasteiger partial charge on any atom is 0.425 e. The topological polar surface area (TPSA) is 245 Å². The quantitative estimate of drug-likeness (QED) is 0.111. The Morgan fingerprint density at radius 1 is 1.12 bits per heavy atom. The van der Waals surface area contributed by atoms with Crippen LogP contribution in [0.1, 0.15) is 86.6 Å². The van der Waals surface area contributed by atoms with E-state index in [0.717, 1.165) is 0 Å². The minimum Gasteiger partial charge on any atom is -0.461 e. The number of fused-ring (bicyclic) bond motifs is 2. The number of nitrogen functional groups attached to an aromatic ring is 1. The number of anilines is 1. The predicted octanol–water partition coefficient (Wildman–Crippen LogP) is 3.83. The number of hydrazine groups is 1. The highest BCUT2D eigenvalue weighted by Crippen LogP contribution is 2.43. The molecule has 0 unspecified atom stereocenters. The van der Waals surface area contributed by atoms with Gasteiger partial charge in [0.25, 0.3) is 0 Å². The molecule has 21 heteroatoms. The fraction of sp³-hybridized carbons (Fsp3) is 0.702. The number of nitrogens with zero attached hydrogens (tertiary/aromatic N) is 7. The normalized spacial score (nSPS) is 34.1. The predicted molar refractivity (Wildman–Crippen MR) is 245 cm³/mol. The van der Waals surface area contributed by atoms with Crippen LogP contribution in [0.15, 0.2) is 37.2 Å². The van der Waals surface area contributed by atoms with E-state index in [2.05, 4.69) is 25.4 Å². The first-order valence-electron chi connectivity index (χ1n) is 23.6. The molecule has 3 aromatic rings. The van der Waals surface area contributed by atoms with E-state index in [0.29, 0.717) is 36.1 Å². The largest absolute Gasteiger partial charge is 0.461 e. The Morgan fingerprint density at radius 2 is 1.87 bits per heavy atom. The Bertz CT molecular complexity index is 2210. The third-order valence-electron chi connectivity index (χ3n) is 14.2. The molecule has 3 aliphatic heterocycles. The summed E-state index contributed by atoms with van der Waals surface area (Å²) < 4.78 is 53.7. The number of methoxy groups -OCH3 is 1. The van der Waals surface area contributed by atoms with Crippen molar-refractivity contribution in [1.82, 2.24) is 39.8 Å². The van der Waals surface area contributed by atoms with Gasteiger partial charge in [0.2, 0.25) is 0 Å². The van der Waals surface area contributed by atoms with E-state index < -0.39 is 108 Å². The number of amides is 1. The molecule has 6 rings (SSSR count). The molecule has 3 aliphatic rings. The van der Waals surface area contributed by atoms with Gasteiger partial charge in [-0.2, -0.15) is 0 Å². The number of hydrogen-bond donors (Lipinski definition) is 3. The summed E-state index contributed by atoms with van der Waals surface area (Å²) in [5.74, 6) is -5.11. The average Bonchev–Trinajstić information content (AvgIpc) is 3.85. The van der Waals surface area contributed by atoms with Crippen LogP contribution in [-0.2, 0) is 55.8 Å². The van der Waals surface area contributed by atoms with Crippen molar-refractivity contribution in [2.24, 2.45) is 23.7 Å². The molecule has 0 saturated carbocycles. The molecule has 0 radical (unpaired) electrons. The summed E-state index contributed by atoms with van der Waals surface area (Å²) in [6, 6.07) is 1.89. The number of carbonyl (C=O) groups is 4. The van der Waals surface area contributed by atoms with Gasteiger partial charge in [-0.15, -0.1) is 0 Å². The number of hydrogen-bond acceptors (Lipinski definition) is 18. The van der Waals surface area contributed by atoms with Crippen molar-refractivity contribution in [2.75, 3.05) is 39.7 Å². The summed E-state index contributed by atoms with van der Waals surface area (Å²) in [5, 5.41) is 13.2. The van der Waals surface area contributed by atoms with E-state index in [4.69, 9.17) is 34.2 Å². The van der Waals surface area contributed by atoms with E-state index in [9.17, 15) is 23.9 Å². The Morgan fingerprint density at radius 3 is 2.54 bits per heavy atom. The summed E-state index contributed by atoms with van der Waals surface area (Å²) in [4.78, 5) is 76.2. The number of ether oxygens (including phenoxy) is 6. The van der Waals surface area contributed by atoms with Crippen LogP contribution in [0.4, 0.5) is 15.0 Å². The number of alkyl halides is 1. The Kier molecular flexibility index (Phi) is 17.1. The van der Waals surface area contributed by atoms with Crippen LogP contribution in [0.2, 0.25) is 0 Å². The van der Waals surface area contributed by atoms with Crippen molar-refractivity contribution >= 4 is 40.8 Å². The van der Waals surface area contributed by atoms with Crippen LogP contribution in [0.5, 0.6) is 0 Å². The van der Waals surface area contributed by atoms with E-state index in [1.54, 1.807) is 91.3 Å². The molecule has 0 spiro atoms. The monoisotopic (exact) mass is 956 g/mol. The van der Waals surface area contributed by atoms with Crippen LogP contribution in [0, 0.1) is 23.7 Å². The van der Waals surface area contributed by atoms with Crippen LogP contribution in [0.3, 0.4) is 0 Å². The van der Waals surface area contributed by atoms with Crippen LogP contribution < -0.4 is 11.2 Å². The molecule has 3 saturated heterocycles. The number of cyclic esters (lactones) is 1. The SMILES string of the molecule is CC[C@H]1OC(=O)[C@H](C)[C@@H](OC(=O)Cc2cccnc2)[C@H](C)[C@@H](O[C@H]2O[C@@H](C)C[C@@H](N(C)CCF)[C@@H]2O)[C@](C)(OC)C[C@@H](C)C(=O)[C@H](C)[C@H]2N(NCCCn3cnc4c(N)ncnc43)C(=O)O[C@]12C. The molecule has 3 aromatic heterocycles. The molecular formula is C47H70FN9O11. The maximum absolute atomic E-state index is 15.0. The van der Waals surface area contributed by atoms with Crippen molar-refractivity contribution in [3.8, 4) is 0 Å². The van der Waals surface area contributed by atoms with Gasteiger partial charge in [-0.25, -0.2) is 34.6 Å². The lowest BCUT2D eigenvalue weighted by molar-refractivity contribution is -0.302. The minimum atomic E-state index is -1.55. The highest BCUT2D eigenvalue weighted by molar-refractivity contribution is 5.85. The smallest absolute Gasteiger partial charge is 0.425 e. The first-order chi connectivity index (χ1) is 32.3. The Labute approximate surface area is 397 Å². The second kappa shape index (κ2) is 22.2. The van der Waals surface area contributed by atoms with Crippen molar-refractivity contribution in [3.63, 3.8) is 0 Å². The molecule has 0 aromatic carbocycles. The van der Waals surface area contributed by atoms with Crippen LogP contribution in [-0.4, -0.2) is 157 Å². The van der Waals surface area contributed by atoms with Gasteiger partial charge in [0.1, 0.15) is 48.7 Å². The zero-order valence-corrected chi connectivity index (χ0v) is 40.9. The summed E-state index contributed by atoms with van der Waals surface area (Å²) in [7, 11) is 3.19. The van der Waals surface area contributed by atoms with E-state index >= 15 is 4.79 Å². The molecule has 3 fully saturated rings. The zero-order valence-electron chi connectivity index (χ0n) is 40.9. The molecular weight excluding hydrogens is 886 g/mol. The maximum atomic E-state index is 15.0. The lowest BCUT2D eigenvalue weighted by Gasteiger charge is -2.48. The molecule has 68 heavy (non-hydrogen) atoms. The van der Waals surface area contributed by atoms with Crippen LogP contribution >= 0.6 is 0 Å². The summed E-state index contributed by atoms with van der Waals surface area (Å²) >= 11 is 0. The Hall–Kier alpha value is -4.93. The standard InChI is InChI=1S/C47H70FN9O11/c1-11-33-47(8)39(57(45(62)68-47)54-17-13-18-56-25-53-35-41(49)51-24-52-42(35)56)28(4)36(59)26(2)22-46(7,63-10)40(67-44-37(60)32(20-27(3)64-44)55(9)19-15-48)29(5)38(30(6)43(61)65-33)66-34(58)21-31-14-12-16-50-23-31/h12,14,16,23-30,32-33,37-40,44,54,60H,11,13,15,17-22H2,1-10H3,(H2,49,51,52)/t26-,27+,28+,29+,30-,32-,33-,37+,38+,39-,40-,44-,46-,47-/m1/s1. The number of imidazole rings is 1. The highest BCUT2D eigenvalue weighted by Gasteiger charge is 2.61. The fourth-order valence-electron chi connectivity index (χ4n) is 10.5. The van der Waals surface area contributed by atoms with E-state index in [1.165, 1.54) is 18.4 Å². The number of aromatic nitrogens is 5. The first-order valence-corrected chi connectivity index (χ1v) is 23.6. The fourth-order valence-corrected chi connectivity index (χ4v) is 10.5. The number of aliphatic hydroxyl groups excluding tert-OH is 1. The number of aryl methyl sites for hydroxylation is 1. The highest BCUT2D eigenvalue weighted by atomic mass is 19.1. The summed E-state index contributed by atoms with van der Waals surface area (Å²) in [6.45, 7) is 14.0. The number of pyridine rings is 1. The lowest BCUT2D eigenvalue weighted by Crippen LogP contribution is -2.62. The number of carbonyl (C=O) groups excluding carboxylic acids is 4. The first kappa shape index (κ1) is 52.4. The summed E-state index contributed by atoms with van der Waals surface area (Å²) in [5.41, 5.74) is 7.88. The number of likely N-dealkylation sites (N-methyl/N-ethyl adjacent to an activating group) is 1. The molecule has 4 N–H and O–H groups in total. The lowest BCUT2D eigenvalue weighted by atomic mass is 9.73. The third-order valence-corrected chi connectivity index (χ3v) is 14.2. The number of rotatable bonds is 15. The van der Waals surface area contributed by atoms with Gasteiger partial charge in [-0.3, -0.25) is 24.3 Å². The van der Waals surface area contributed by atoms with Crippen LogP contribution in [0.25, 0.3) is 11.2 Å². The molecule has 14 atom stereocenters. The van der Waals surface area contributed by atoms with Gasteiger partial charge < -0.3 is 43.8 Å². The Balaban J connectivity index is 1.37. The number of ketones is 1. The average molecular weight is 956 g/mol. The second-order valence-corrected chi connectivity index (χ2v) is 19.1. The molecule has 20 nitrogen and oxygen atoms in total. The summed E-state index contributed by atoms with van der Waals surface area (Å²) in [6.07, 6.45) is -0.126. The van der Waals surface area contributed by atoms with E-state index in [-0.39, 0.29) is 44.0 Å². The molecule has 376 valence electrons. The molecule has 0 aliphatic carbocycles. The minimum absolute atomic E-state index is 0.0379. The van der Waals surface area contributed by atoms with Crippen molar-refractivity contribution in [1.29, 1.82) is 0 Å². The van der Waals surface area contributed by atoms with Gasteiger partial charge >= 0.3 is 18.0 Å². The number of esters is 2. The number of Topliss-reactive ketones (excluding diaryl/α,β-unsaturated/α-hetero) is 1. The molecule has 6 heterocycles. The van der Waals surface area contributed by atoms with Gasteiger partial charge in [-0.1, -0.05) is 33.8 Å². The second-order valence-electron chi connectivity index (χ2n) is 19.1. The number of halogens is 1. The van der Waals surface area contributed by atoms with Gasteiger partial charge in [0, 0.05) is 62.9 Å². The van der Waals surface area contributed by atoms with E-state index in [1.807, 2.05) is 11.5 Å². The third kappa shape index (κ3) is 11.1. The van der Waals surface area contributed by atoms with Gasteiger partial charge in [0.15, 0.2) is 23.4 Å².